The van der Waals surface area contributed by atoms with Gasteiger partial charge in [0, 0.05) is 6.42 Å². The summed E-state index contributed by atoms with van der Waals surface area (Å²) in [6.07, 6.45) is -1.68. The van der Waals surface area contributed by atoms with E-state index in [1.165, 1.54) is 0 Å². The number of carbonyl (C=O) groups excluding carboxylic acids is 4. The Morgan fingerprint density at radius 1 is 1.18 bits per heavy atom. The van der Waals surface area contributed by atoms with E-state index in [4.69, 9.17) is 9.47 Å². The van der Waals surface area contributed by atoms with Crippen molar-refractivity contribution in [3.8, 4) is 0 Å². The van der Waals surface area contributed by atoms with E-state index in [1.807, 2.05) is 13.0 Å². The Morgan fingerprint density at radius 3 is 2.43 bits per heavy atom. The third kappa shape index (κ3) is 7.59. The molecule has 146 valence electrons. The number of carboxylic acids is 1. The van der Waals surface area contributed by atoms with Gasteiger partial charge in [0.2, 0.25) is 5.91 Å². The molecular weight excluding hydrogens is 379 g/mol. The van der Waals surface area contributed by atoms with Gasteiger partial charge in [-0.3, -0.25) is 14.4 Å². The van der Waals surface area contributed by atoms with E-state index < -0.39 is 42.0 Å². The Kier molecular flexibility index (Phi) is 10.2. The summed E-state index contributed by atoms with van der Waals surface area (Å²) in [6.45, 7) is 1.77. The fraction of sp³-hybridized carbons (Fsp3) is 0.444. The van der Waals surface area contributed by atoms with Gasteiger partial charge in [0.1, 0.15) is 18.7 Å². The summed E-state index contributed by atoms with van der Waals surface area (Å²) in [6, 6.07) is 7.92. The number of esters is 1. The third-order valence-corrected chi connectivity index (χ3v) is 3.77. The van der Waals surface area contributed by atoms with Crippen molar-refractivity contribution in [1.29, 1.82) is 0 Å². The summed E-state index contributed by atoms with van der Waals surface area (Å²) >= 11 is 0. The van der Waals surface area contributed by atoms with Crippen molar-refractivity contribution in [2.75, 3.05) is 13.2 Å². The van der Waals surface area contributed by atoms with Crippen LogP contribution in [0.25, 0.3) is 0 Å². The van der Waals surface area contributed by atoms with Gasteiger partial charge >= 0.3 is 35.5 Å². The number of amides is 2. The number of benzene rings is 1. The van der Waals surface area contributed by atoms with Crippen LogP contribution in [0, 0.1) is 0 Å². The number of carbonyl (C=O) groups is 4. The van der Waals surface area contributed by atoms with E-state index >= 15 is 0 Å². The van der Waals surface area contributed by atoms with Crippen LogP contribution in [-0.2, 0) is 35.1 Å². The molecule has 0 saturated carbocycles. The molecule has 1 aliphatic heterocycles. The number of rotatable bonds is 10. The van der Waals surface area contributed by atoms with E-state index in [9.17, 15) is 24.3 Å². The molecule has 1 heterocycles. The average molecular weight is 400 g/mol. The molecule has 9 nitrogen and oxygen atoms in total. The maximum atomic E-state index is 12.4. The maximum absolute atomic E-state index is 12.4. The van der Waals surface area contributed by atoms with Gasteiger partial charge in [-0.25, -0.2) is 0 Å². The van der Waals surface area contributed by atoms with Crippen LogP contribution in [0.15, 0.2) is 30.3 Å². The predicted octanol–water partition coefficient (Wildman–Crippen LogP) is -4.70. The second-order valence-electron chi connectivity index (χ2n) is 5.99. The first-order chi connectivity index (χ1) is 12.9. The number of hydrogen-bond acceptors (Lipinski definition) is 7. The van der Waals surface area contributed by atoms with Gasteiger partial charge in [-0.15, -0.1) is 0 Å². The fourth-order valence-corrected chi connectivity index (χ4v) is 2.35. The quantitative estimate of drug-likeness (QED) is 0.229. The zero-order valence-electron chi connectivity index (χ0n) is 15.8. The molecule has 1 saturated heterocycles. The minimum Gasteiger partial charge on any atom is -0.547 e. The van der Waals surface area contributed by atoms with Crippen molar-refractivity contribution in [2.24, 2.45) is 0 Å². The molecule has 2 rings (SSSR count). The zero-order chi connectivity index (χ0) is 19.8. The summed E-state index contributed by atoms with van der Waals surface area (Å²) in [5, 5.41) is 15.6. The molecule has 2 amide bonds. The van der Waals surface area contributed by atoms with Gasteiger partial charge in [-0.1, -0.05) is 37.3 Å². The molecular formula is C18H21N2NaO7. The Bertz CT molecular complexity index is 698. The molecule has 3 atom stereocenters. The molecule has 28 heavy (non-hydrogen) atoms. The second-order valence-corrected chi connectivity index (χ2v) is 5.99. The van der Waals surface area contributed by atoms with Crippen LogP contribution < -0.4 is 45.3 Å². The minimum atomic E-state index is -1.49. The van der Waals surface area contributed by atoms with Gasteiger partial charge in [-0.2, -0.15) is 0 Å². The SMILES string of the molecule is CCCOC(=O)CNC(=O)[C@H](Cc1ccccc1)NC(=O)[C@H]1O[C@@H]1C(=O)[O-].[Na+]. The van der Waals surface area contributed by atoms with Crippen LogP contribution >= 0.6 is 0 Å². The number of nitrogens with one attached hydrogen (secondary N) is 2. The summed E-state index contributed by atoms with van der Waals surface area (Å²) in [5.74, 6) is -3.39. The van der Waals surface area contributed by atoms with Crippen molar-refractivity contribution in [3.63, 3.8) is 0 Å². The largest absolute Gasteiger partial charge is 1.00 e. The molecule has 0 spiro atoms. The first kappa shape index (κ1) is 24.1. The molecule has 1 aromatic carbocycles. The van der Waals surface area contributed by atoms with E-state index in [0.29, 0.717) is 6.42 Å². The van der Waals surface area contributed by atoms with Gasteiger partial charge in [-0.05, 0) is 12.0 Å². The Morgan fingerprint density at radius 2 is 1.86 bits per heavy atom. The molecule has 1 aromatic rings. The topological polar surface area (TPSA) is 137 Å². The van der Waals surface area contributed by atoms with E-state index in [1.54, 1.807) is 24.3 Å². The summed E-state index contributed by atoms with van der Waals surface area (Å²) < 4.78 is 9.61. The van der Waals surface area contributed by atoms with Crippen LogP contribution in [-0.4, -0.2) is 55.2 Å². The van der Waals surface area contributed by atoms with Crippen molar-refractivity contribution < 1.29 is 63.3 Å². The Labute approximate surface area is 184 Å². The standard InChI is InChI=1S/C18H22N2O7.Na/c1-2-8-26-13(21)10-19-16(22)12(9-11-6-4-3-5-7-11)20-17(23)14-15(27-14)18(24)25;/h3-7,12,14-15H,2,8-10H2,1H3,(H,19,22)(H,20,23)(H,24,25);/q;+1/p-1/t12-,14-,15-;/m0./s1. The minimum absolute atomic E-state index is 0. The third-order valence-electron chi connectivity index (χ3n) is 3.77. The number of ether oxygens (including phenoxy) is 2. The van der Waals surface area contributed by atoms with Crippen molar-refractivity contribution in [3.05, 3.63) is 35.9 Å². The molecule has 0 bridgehead atoms. The second kappa shape index (κ2) is 11.8. The van der Waals surface area contributed by atoms with Gasteiger partial charge in [0.05, 0.1) is 12.6 Å². The predicted molar refractivity (Wildman–Crippen MR) is 90.0 cm³/mol. The molecule has 10 heteroatoms. The Hall–Kier alpha value is -1.94. The van der Waals surface area contributed by atoms with E-state index in [2.05, 4.69) is 10.6 Å². The van der Waals surface area contributed by atoms with Crippen LogP contribution in [0.3, 0.4) is 0 Å². The van der Waals surface area contributed by atoms with Crippen LogP contribution in [0.5, 0.6) is 0 Å². The molecule has 1 aliphatic rings. The molecule has 0 radical (unpaired) electrons. The zero-order valence-corrected chi connectivity index (χ0v) is 17.8. The molecule has 0 unspecified atom stereocenters. The number of carboxylic acid groups (broad SMARTS) is 1. The molecule has 0 aliphatic carbocycles. The normalized spacial score (nSPS) is 18.2. The first-order valence-electron chi connectivity index (χ1n) is 8.56. The van der Waals surface area contributed by atoms with Gasteiger partial charge in [0.15, 0.2) is 6.10 Å². The fourth-order valence-electron chi connectivity index (χ4n) is 2.35. The van der Waals surface area contributed by atoms with E-state index in [0.717, 1.165) is 5.56 Å². The van der Waals surface area contributed by atoms with Crippen molar-refractivity contribution in [1.82, 2.24) is 10.6 Å². The van der Waals surface area contributed by atoms with Crippen molar-refractivity contribution >= 4 is 23.8 Å². The van der Waals surface area contributed by atoms with Crippen LogP contribution in [0.4, 0.5) is 0 Å². The average Bonchev–Trinajstić information content (AvgIpc) is 3.46. The maximum Gasteiger partial charge on any atom is 1.00 e. The molecule has 1 fully saturated rings. The monoisotopic (exact) mass is 400 g/mol. The first-order valence-corrected chi connectivity index (χ1v) is 8.56. The summed E-state index contributed by atoms with van der Waals surface area (Å²) in [5.41, 5.74) is 0.777. The van der Waals surface area contributed by atoms with Crippen LogP contribution in [0.1, 0.15) is 18.9 Å². The molecule has 2 N–H and O–H groups in total. The van der Waals surface area contributed by atoms with Gasteiger partial charge in [0.25, 0.3) is 5.91 Å². The van der Waals surface area contributed by atoms with Crippen LogP contribution in [0.2, 0.25) is 0 Å². The number of epoxide rings is 1. The van der Waals surface area contributed by atoms with Gasteiger partial charge < -0.3 is 30.0 Å². The van der Waals surface area contributed by atoms with Crippen molar-refractivity contribution in [2.45, 2.75) is 38.0 Å². The van der Waals surface area contributed by atoms with E-state index in [-0.39, 0.29) is 49.1 Å². The smallest absolute Gasteiger partial charge is 0.547 e. The summed E-state index contributed by atoms with van der Waals surface area (Å²) in [4.78, 5) is 46.8. The summed E-state index contributed by atoms with van der Waals surface area (Å²) in [7, 11) is 0. The number of aliphatic carboxylic acids is 1. The molecule has 0 aromatic heterocycles. The number of hydrogen-bond donors (Lipinski definition) is 2. The Balaban J connectivity index is 0.00000392.